The van der Waals surface area contributed by atoms with Crippen LogP contribution in [0.5, 0.6) is 0 Å². The first-order chi connectivity index (χ1) is 13.2. The zero-order chi connectivity index (χ0) is 20.5. The van der Waals surface area contributed by atoms with E-state index in [1.165, 1.54) is 0 Å². The SMILES string of the molecule is Cc1cc(C(=O)N[C@@H]2CC[C@@H](C(=O)O)CCC2(F)F)c(C)n1-c1cccnc1. The van der Waals surface area contributed by atoms with Gasteiger partial charge in [-0.1, -0.05) is 0 Å². The van der Waals surface area contributed by atoms with E-state index in [1.807, 2.05) is 17.6 Å². The van der Waals surface area contributed by atoms with Gasteiger partial charge in [0.25, 0.3) is 11.8 Å². The number of amides is 1. The third-order valence-electron chi connectivity index (χ3n) is 5.37. The molecule has 0 saturated heterocycles. The van der Waals surface area contributed by atoms with E-state index in [0.29, 0.717) is 11.3 Å². The quantitative estimate of drug-likeness (QED) is 0.782. The molecule has 2 atom stereocenters. The number of nitrogens with one attached hydrogen (secondary N) is 1. The van der Waals surface area contributed by atoms with Gasteiger partial charge in [-0.15, -0.1) is 0 Å². The fourth-order valence-corrected chi connectivity index (χ4v) is 3.80. The number of aliphatic carboxylic acids is 1. The maximum Gasteiger partial charge on any atom is 0.306 e. The maximum atomic E-state index is 14.5. The standard InChI is InChI=1S/C20H23F2N3O3/c1-12-10-16(13(2)25(12)15-4-3-9-23-11-15)18(26)24-17-6-5-14(19(27)28)7-8-20(17,21)22/h3-4,9-11,14,17H,5-8H2,1-2H3,(H,24,26)(H,27,28)/t14-,17-/m1/s1. The van der Waals surface area contributed by atoms with Crippen molar-refractivity contribution in [2.75, 3.05) is 0 Å². The van der Waals surface area contributed by atoms with Crippen molar-refractivity contribution in [3.05, 3.63) is 47.5 Å². The van der Waals surface area contributed by atoms with E-state index < -0.39 is 36.2 Å². The lowest BCUT2D eigenvalue weighted by atomic mass is 10.0. The van der Waals surface area contributed by atoms with Crippen molar-refractivity contribution >= 4 is 11.9 Å². The molecule has 2 aromatic rings. The molecule has 0 aliphatic heterocycles. The normalized spacial score (nSPS) is 21.7. The number of rotatable bonds is 4. The molecule has 1 fully saturated rings. The maximum absolute atomic E-state index is 14.5. The highest BCUT2D eigenvalue weighted by atomic mass is 19.3. The number of halogens is 2. The van der Waals surface area contributed by atoms with E-state index in [1.54, 1.807) is 31.5 Å². The van der Waals surface area contributed by atoms with Crippen LogP contribution in [0.4, 0.5) is 8.78 Å². The van der Waals surface area contributed by atoms with Crippen LogP contribution in [0.25, 0.3) is 5.69 Å². The van der Waals surface area contributed by atoms with Crippen LogP contribution in [0, 0.1) is 19.8 Å². The van der Waals surface area contributed by atoms with Crippen LogP contribution in [-0.4, -0.2) is 38.5 Å². The largest absolute Gasteiger partial charge is 0.481 e. The molecule has 6 nitrogen and oxygen atoms in total. The second-order valence-electron chi connectivity index (χ2n) is 7.27. The monoisotopic (exact) mass is 391 g/mol. The van der Waals surface area contributed by atoms with Crippen LogP contribution >= 0.6 is 0 Å². The second-order valence-corrected chi connectivity index (χ2v) is 7.27. The highest BCUT2D eigenvalue weighted by Crippen LogP contribution is 2.35. The smallest absolute Gasteiger partial charge is 0.306 e. The Labute approximate surface area is 161 Å². The van der Waals surface area contributed by atoms with Gasteiger partial charge in [0.1, 0.15) is 0 Å². The van der Waals surface area contributed by atoms with Gasteiger partial charge in [0.15, 0.2) is 0 Å². The van der Waals surface area contributed by atoms with Crippen molar-refractivity contribution in [1.29, 1.82) is 0 Å². The molecule has 3 rings (SSSR count). The predicted molar refractivity (Wildman–Crippen MR) is 98.8 cm³/mol. The zero-order valence-electron chi connectivity index (χ0n) is 15.8. The number of aromatic nitrogens is 2. The molecular formula is C20H23F2N3O3. The summed E-state index contributed by atoms with van der Waals surface area (Å²) < 4.78 is 30.8. The highest BCUT2D eigenvalue weighted by Gasteiger charge is 2.44. The summed E-state index contributed by atoms with van der Waals surface area (Å²) >= 11 is 0. The molecule has 0 radical (unpaired) electrons. The lowest BCUT2D eigenvalue weighted by Gasteiger charge is -2.25. The van der Waals surface area contributed by atoms with Crippen LogP contribution in [0.3, 0.4) is 0 Å². The molecule has 150 valence electrons. The number of carbonyl (C=O) groups excluding carboxylic acids is 1. The number of hydrogen-bond acceptors (Lipinski definition) is 3. The first-order valence-electron chi connectivity index (χ1n) is 9.21. The van der Waals surface area contributed by atoms with Crippen molar-refractivity contribution in [3.63, 3.8) is 0 Å². The average molecular weight is 391 g/mol. The Morgan fingerprint density at radius 3 is 2.68 bits per heavy atom. The van der Waals surface area contributed by atoms with Crippen molar-refractivity contribution in [2.24, 2.45) is 5.92 Å². The Balaban J connectivity index is 1.82. The molecule has 1 aliphatic rings. The Hall–Kier alpha value is -2.77. The molecule has 0 spiro atoms. The Morgan fingerprint density at radius 2 is 2.04 bits per heavy atom. The Morgan fingerprint density at radius 1 is 1.29 bits per heavy atom. The van der Waals surface area contributed by atoms with Gasteiger partial charge in [-0.25, -0.2) is 8.78 Å². The topological polar surface area (TPSA) is 84.2 Å². The van der Waals surface area contributed by atoms with Crippen molar-refractivity contribution in [2.45, 2.75) is 51.5 Å². The summed E-state index contributed by atoms with van der Waals surface area (Å²) in [6, 6.07) is 3.90. The molecular weight excluding hydrogens is 368 g/mol. The number of carboxylic acids is 1. The molecule has 28 heavy (non-hydrogen) atoms. The molecule has 8 heteroatoms. The molecule has 2 N–H and O–H groups in total. The minimum atomic E-state index is -3.14. The molecule has 0 bridgehead atoms. The number of aryl methyl sites for hydroxylation is 1. The summed E-state index contributed by atoms with van der Waals surface area (Å²) in [4.78, 5) is 28.0. The molecule has 0 unspecified atom stereocenters. The number of carbonyl (C=O) groups is 2. The van der Waals surface area contributed by atoms with Gasteiger partial charge >= 0.3 is 5.97 Å². The van der Waals surface area contributed by atoms with Crippen molar-refractivity contribution in [1.82, 2.24) is 14.9 Å². The molecule has 1 aliphatic carbocycles. The predicted octanol–water partition coefficient (Wildman–Crippen LogP) is 3.50. The van der Waals surface area contributed by atoms with Crippen molar-refractivity contribution < 1.29 is 23.5 Å². The number of pyridine rings is 1. The van der Waals surface area contributed by atoms with E-state index >= 15 is 0 Å². The van der Waals surface area contributed by atoms with E-state index in [2.05, 4.69) is 10.3 Å². The third kappa shape index (κ3) is 3.90. The van der Waals surface area contributed by atoms with Crippen LogP contribution < -0.4 is 5.32 Å². The summed E-state index contributed by atoms with van der Waals surface area (Å²) in [6.07, 6.45) is 2.70. The molecule has 2 heterocycles. The fourth-order valence-electron chi connectivity index (χ4n) is 3.80. The Kier molecular flexibility index (Phi) is 5.49. The zero-order valence-corrected chi connectivity index (χ0v) is 15.8. The van der Waals surface area contributed by atoms with E-state index in [9.17, 15) is 18.4 Å². The van der Waals surface area contributed by atoms with E-state index in [-0.39, 0.29) is 19.3 Å². The van der Waals surface area contributed by atoms with Crippen LogP contribution in [0.15, 0.2) is 30.6 Å². The van der Waals surface area contributed by atoms with E-state index in [4.69, 9.17) is 5.11 Å². The number of hydrogen-bond donors (Lipinski definition) is 2. The molecule has 1 amide bonds. The lowest BCUT2D eigenvalue weighted by Crippen LogP contribution is -2.47. The Bertz CT molecular complexity index is 880. The fraction of sp³-hybridized carbons (Fsp3) is 0.450. The van der Waals surface area contributed by atoms with Gasteiger partial charge in [-0.2, -0.15) is 0 Å². The van der Waals surface area contributed by atoms with Crippen LogP contribution in [-0.2, 0) is 4.79 Å². The summed E-state index contributed by atoms with van der Waals surface area (Å²) in [5, 5.41) is 11.6. The van der Waals surface area contributed by atoms with Gasteiger partial charge in [0.05, 0.1) is 29.4 Å². The minimum absolute atomic E-state index is 0.0724. The third-order valence-corrected chi connectivity index (χ3v) is 5.37. The second kappa shape index (κ2) is 7.69. The first-order valence-corrected chi connectivity index (χ1v) is 9.21. The number of carboxylic acid groups (broad SMARTS) is 1. The molecule has 1 saturated carbocycles. The highest BCUT2D eigenvalue weighted by molar-refractivity contribution is 5.96. The molecule has 2 aromatic heterocycles. The number of nitrogens with zero attached hydrogens (tertiary/aromatic N) is 2. The summed E-state index contributed by atoms with van der Waals surface area (Å²) in [5.41, 5.74) is 2.51. The minimum Gasteiger partial charge on any atom is -0.481 e. The lowest BCUT2D eigenvalue weighted by molar-refractivity contribution is -0.142. The van der Waals surface area contributed by atoms with Crippen molar-refractivity contribution in [3.8, 4) is 5.69 Å². The number of alkyl halides is 2. The van der Waals surface area contributed by atoms with Gasteiger partial charge in [-0.3, -0.25) is 14.6 Å². The van der Waals surface area contributed by atoms with Gasteiger partial charge in [0, 0.05) is 24.0 Å². The summed E-state index contributed by atoms with van der Waals surface area (Å²) in [5.74, 6) is -5.60. The van der Waals surface area contributed by atoms with Gasteiger partial charge < -0.3 is 15.0 Å². The molecule has 0 aromatic carbocycles. The van der Waals surface area contributed by atoms with E-state index in [0.717, 1.165) is 11.4 Å². The first kappa shape index (κ1) is 20.0. The van der Waals surface area contributed by atoms with Crippen LogP contribution in [0.1, 0.15) is 47.4 Å². The van der Waals surface area contributed by atoms with Gasteiger partial charge in [0.2, 0.25) is 0 Å². The summed E-state index contributed by atoms with van der Waals surface area (Å²) in [7, 11) is 0. The van der Waals surface area contributed by atoms with Gasteiger partial charge in [-0.05, 0) is 51.3 Å². The average Bonchev–Trinajstić information content (AvgIpc) is 2.85. The van der Waals surface area contributed by atoms with Crippen LogP contribution in [0.2, 0.25) is 0 Å². The summed E-state index contributed by atoms with van der Waals surface area (Å²) in [6.45, 7) is 3.58.